The van der Waals surface area contributed by atoms with E-state index < -0.39 is 0 Å². The number of aromatic nitrogens is 2. The van der Waals surface area contributed by atoms with Gasteiger partial charge in [0.15, 0.2) is 0 Å². The van der Waals surface area contributed by atoms with Gasteiger partial charge in [0.1, 0.15) is 5.75 Å². The monoisotopic (exact) mass is 317 g/mol. The summed E-state index contributed by atoms with van der Waals surface area (Å²) in [6.45, 7) is 4.54. The van der Waals surface area contributed by atoms with Crippen molar-refractivity contribution in [2.75, 3.05) is 13.7 Å². The van der Waals surface area contributed by atoms with Crippen LogP contribution in [0, 0.1) is 5.92 Å². The van der Waals surface area contributed by atoms with Gasteiger partial charge in [0.2, 0.25) is 17.7 Å². The van der Waals surface area contributed by atoms with E-state index in [4.69, 9.17) is 9.15 Å². The van der Waals surface area contributed by atoms with E-state index in [2.05, 4.69) is 15.5 Å². The van der Waals surface area contributed by atoms with Crippen molar-refractivity contribution in [1.29, 1.82) is 0 Å². The molecule has 124 valence electrons. The van der Waals surface area contributed by atoms with E-state index in [9.17, 15) is 4.79 Å². The summed E-state index contributed by atoms with van der Waals surface area (Å²) in [4.78, 5) is 11.9. The molecule has 0 aliphatic heterocycles. The zero-order valence-electron chi connectivity index (χ0n) is 13.8. The highest BCUT2D eigenvalue weighted by molar-refractivity contribution is 5.78. The minimum absolute atomic E-state index is 0.0764. The minimum atomic E-state index is 0.0764. The van der Waals surface area contributed by atoms with Gasteiger partial charge in [0, 0.05) is 24.4 Å². The molecule has 0 bridgehead atoms. The molecule has 1 heterocycles. The highest BCUT2D eigenvalue weighted by Crippen LogP contribution is 2.21. The number of hydrogen-bond acceptors (Lipinski definition) is 5. The summed E-state index contributed by atoms with van der Waals surface area (Å²) in [5, 5.41) is 11.0. The number of carbonyl (C=O) groups is 1. The predicted octanol–water partition coefficient (Wildman–Crippen LogP) is 2.84. The molecule has 1 amide bonds. The number of carbonyl (C=O) groups excluding carboxylic acids is 1. The number of nitrogens with one attached hydrogen (secondary N) is 1. The van der Waals surface area contributed by atoms with Crippen LogP contribution >= 0.6 is 0 Å². The SMILES string of the molecule is CCC(CC)C(=O)NCCc1nnc(-c2ccc(OC)cc2)o1. The lowest BCUT2D eigenvalue weighted by molar-refractivity contribution is -0.125. The van der Waals surface area contributed by atoms with Gasteiger partial charge in [-0.25, -0.2) is 0 Å². The molecule has 1 N–H and O–H groups in total. The number of hydrogen-bond donors (Lipinski definition) is 1. The topological polar surface area (TPSA) is 77.2 Å². The van der Waals surface area contributed by atoms with Gasteiger partial charge in [-0.15, -0.1) is 10.2 Å². The largest absolute Gasteiger partial charge is 0.497 e. The number of nitrogens with zero attached hydrogens (tertiary/aromatic N) is 2. The van der Waals surface area contributed by atoms with Gasteiger partial charge in [-0.2, -0.15) is 0 Å². The van der Waals surface area contributed by atoms with Crippen LogP contribution in [0.15, 0.2) is 28.7 Å². The highest BCUT2D eigenvalue weighted by atomic mass is 16.5. The first-order valence-corrected chi connectivity index (χ1v) is 7.92. The second kappa shape index (κ2) is 8.31. The highest BCUT2D eigenvalue weighted by Gasteiger charge is 2.14. The van der Waals surface area contributed by atoms with Crippen molar-refractivity contribution in [3.05, 3.63) is 30.2 Å². The van der Waals surface area contributed by atoms with Crippen LogP contribution in [-0.4, -0.2) is 29.8 Å². The van der Waals surface area contributed by atoms with Gasteiger partial charge in [-0.3, -0.25) is 4.79 Å². The summed E-state index contributed by atoms with van der Waals surface area (Å²) in [5.41, 5.74) is 0.839. The molecule has 0 atom stereocenters. The smallest absolute Gasteiger partial charge is 0.247 e. The van der Waals surface area contributed by atoms with E-state index in [1.165, 1.54) is 0 Å². The van der Waals surface area contributed by atoms with Crippen molar-refractivity contribution in [2.45, 2.75) is 33.1 Å². The fourth-order valence-corrected chi connectivity index (χ4v) is 2.30. The van der Waals surface area contributed by atoms with Crippen molar-refractivity contribution in [3.63, 3.8) is 0 Å². The fourth-order valence-electron chi connectivity index (χ4n) is 2.30. The Kier molecular flexibility index (Phi) is 6.14. The molecule has 0 spiro atoms. The first kappa shape index (κ1) is 17.0. The maximum absolute atomic E-state index is 11.9. The molecule has 1 aromatic carbocycles. The molecule has 2 aromatic rings. The number of amides is 1. The number of methoxy groups -OCH3 is 1. The lowest BCUT2D eigenvalue weighted by Crippen LogP contribution is -2.31. The van der Waals surface area contributed by atoms with Crippen molar-refractivity contribution < 1.29 is 13.9 Å². The van der Waals surface area contributed by atoms with Crippen LogP contribution in [0.4, 0.5) is 0 Å². The van der Waals surface area contributed by atoms with Crippen LogP contribution in [0.2, 0.25) is 0 Å². The predicted molar refractivity (Wildman–Crippen MR) is 87.1 cm³/mol. The summed E-state index contributed by atoms with van der Waals surface area (Å²) < 4.78 is 10.7. The molecule has 23 heavy (non-hydrogen) atoms. The normalized spacial score (nSPS) is 10.8. The van der Waals surface area contributed by atoms with Crippen LogP contribution < -0.4 is 10.1 Å². The third-order valence-corrected chi connectivity index (χ3v) is 3.80. The maximum atomic E-state index is 11.9. The molecule has 6 nitrogen and oxygen atoms in total. The quantitative estimate of drug-likeness (QED) is 0.810. The molecule has 0 unspecified atom stereocenters. The molecule has 0 aliphatic rings. The third-order valence-electron chi connectivity index (χ3n) is 3.80. The Labute approximate surface area is 136 Å². The molecular weight excluding hydrogens is 294 g/mol. The van der Waals surface area contributed by atoms with Crippen LogP contribution in [0.1, 0.15) is 32.6 Å². The molecule has 6 heteroatoms. The average molecular weight is 317 g/mol. The third kappa shape index (κ3) is 4.55. The van der Waals surface area contributed by atoms with E-state index in [-0.39, 0.29) is 11.8 Å². The van der Waals surface area contributed by atoms with Crippen molar-refractivity contribution in [3.8, 4) is 17.2 Å². The van der Waals surface area contributed by atoms with E-state index in [0.29, 0.717) is 24.7 Å². The Morgan fingerprint density at radius 2 is 1.91 bits per heavy atom. The summed E-state index contributed by atoms with van der Waals surface area (Å²) >= 11 is 0. The lowest BCUT2D eigenvalue weighted by Gasteiger charge is -2.11. The van der Waals surface area contributed by atoms with Crippen LogP contribution in [0.5, 0.6) is 5.75 Å². The van der Waals surface area contributed by atoms with Crippen molar-refractivity contribution in [2.24, 2.45) is 5.92 Å². The fraction of sp³-hybridized carbons (Fsp3) is 0.471. The van der Waals surface area contributed by atoms with E-state index in [0.717, 1.165) is 24.2 Å². The molecular formula is C17H23N3O3. The van der Waals surface area contributed by atoms with E-state index >= 15 is 0 Å². The van der Waals surface area contributed by atoms with Crippen LogP contribution in [0.25, 0.3) is 11.5 Å². The Morgan fingerprint density at radius 1 is 1.22 bits per heavy atom. The first-order valence-electron chi connectivity index (χ1n) is 7.92. The van der Waals surface area contributed by atoms with E-state index in [1.54, 1.807) is 7.11 Å². The zero-order chi connectivity index (χ0) is 16.7. The van der Waals surface area contributed by atoms with Crippen molar-refractivity contribution >= 4 is 5.91 Å². The minimum Gasteiger partial charge on any atom is -0.497 e. The second-order valence-electron chi connectivity index (χ2n) is 5.28. The Hall–Kier alpha value is -2.37. The zero-order valence-corrected chi connectivity index (χ0v) is 13.8. The lowest BCUT2D eigenvalue weighted by atomic mass is 10.0. The molecule has 0 radical (unpaired) electrons. The van der Waals surface area contributed by atoms with Gasteiger partial charge in [-0.05, 0) is 37.1 Å². The van der Waals surface area contributed by atoms with Gasteiger partial charge in [-0.1, -0.05) is 13.8 Å². The molecule has 0 fully saturated rings. The van der Waals surface area contributed by atoms with Gasteiger partial charge >= 0.3 is 0 Å². The standard InChI is InChI=1S/C17H23N3O3/c1-4-12(5-2)16(21)18-11-10-15-19-20-17(23-15)13-6-8-14(22-3)9-7-13/h6-9,12H,4-5,10-11H2,1-3H3,(H,18,21). The second-order valence-corrected chi connectivity index (χ2v) is 5.28. The van der Waals surface area contributed by atoms with Crippen LogP contribution in [0.3, 0.4) is 0 Å². The molecule has 0 saturated heterocycles. The molecule has 0 aliphatic carbocycles. The van der Waals surface area contributed by atoms with Crippen LogP contribution in [-0.2, 0) is 11.2 Å². The Balaban J connectivity index is 1.88. The van der Waals surface area contributed by atoms with Gasteiger partial charge < -0.3 is 14.5 Å². The summed E-state index contributed by atoms with van der Waals surface area (Å²) in [7, 11) is 1.62. The van der Waals surface area contributed by atoms with Gasteiger partial charge in [0.05, 0.1) is 7.11 Å². The maximum Gasteiger partial charge on any atom is 0.247 e. The molecule has 1 aromatic heterocycles. The molecule has 2 rings (SSSR count). The summed E-state index contributed by atoms with van der Waals surface area (Å²) in [5.74, 6) is 1.92. The van der Waals surface area contributed by atoms with E-state index in [1.807, 2.05) is 38.1 Å². The first-order chi connectivity index (χ1) is 11.2. The Bertz CT molecular complexity index is 618. The number of benzene rings is 1. The summed E-state index contributed by atoms with van der Waals surface area (Å²) in [6.07, 6.45) is 2.23. The average Bonchev–Trinajstić information content (AvgIpc) is 3.05. The number of rotatable bonds is 8. The summed E-state index contributed by atoms with van der Waals surface area (Å²) in [6, 6.07) is 7.42. The van der Waals surface area contributed by atoms with Crippen molar-refractivity contribution in [1.82, 2.24) is 15.5 Å². The molecule has 0 saturated carbocycles. The number of ether oxygens (including phenoxy) is 1. The van der Waals surface area contributed by atoms with Gasteiger partial charge in [0.25, 0.3) is 0 Å². The Morgan fingerprint density at radius 3 is 2.52 bits per heavy atom.